The summed E-state index contributed by atoms with van der Waals surface area (Å²) in [4.78, 5) is 9.97. The SMILES string of the molecule is CCCCn1cc[n+](C)c1.O=C([O-])C=Cc1ccccc1. The average molecular weight is 286 g/mol. The minimum absolute atomic E-state index is 0.858. The number of aromatic nitrogens is 2. The van der Waals surface area contributed by atoms with E-state index in [1.54, 1.807) is 0 Å². The Hall–Kier alpha value is -2.36. The van der Waals surface area contributed by atoms with Crippen molar-refractivity contribution in [1.29, 1.82) is 0 Å². The number of aliphatic carboxylic acids is 1. The van der Waals surface area contributed by atoms with Crippen molar-refractivity contribution in [2.75, 3.05) is 0 Å². The molecule has 4 nitrogen and oxygen atoms in total. The highest BCUT2D eigenvalue weighted by molar-refractivity contribution is 5.83. The molecule has 0 atom stereocenters. The molecule has 2 aromatic rings. The molecule has 0 radical (unpaired) electrons. The second-order valence-corrected chi connectivity index (χ2v) is 4.73. The maximum absolute atomic E-state index is 9.97. The van der Waals surface area contributed by atoms with Gasteiger partial charge in [-0.25, -0.2) is 9.13 Å². The molecule has 21 heavy (non-hydrogen) atoms. The second kappa shape index (κ2) is 9.53. The number of hydrogen-bond acceptors (Lipinski definition) is 2. The molecule has 0 saturated heterocycles. The number of carboxylic acids is 1. The summed E-state index contributed by atoms with van der Waals surface area (Å²) in [5, 5.41) is 9.97. The summed E-state index contributed by atoms with van der Waals surface area (Å²) < 4.78 is 4.28. The number of aryl methyl sites for hydroxylation is 2. The monoisotopic (exact) mass is 286 g/mol. The molecule has 112 valence electrons. The van der Waals surface area contributed by atoms with Crippen molar-refractivity contribution in [3.05, 3.63) is 60.7 Å². The van der Waals surface area contributed by atoms with Gasteiger partial charge in [-0.3, -0.25) is 0 Å². The average Bonchev–Trinajstić information content (AvgIpc) is 2.90. The molecule has 0 saturated carbocycles. The quantitative estimate of drug-likeness (QED) is 0.618. The van der Waals surface area contributed by atoms with Crippen molar-refractivity contribution in [3.8, 4) is 0 Å². The van der Waals surface area contributed by atoms with Crippen molar-refractivity contribution in [3.63, 3.8) is 0 Å². The Labute approximate surface area is 126 Å². The van der Waals surface area contributed by atoms with Crippen LogP contribution >= 0.6 is 0 Å². The van der Waals surface area contributed by atoms with Crippen LogP contribution in [0.4, 0.5) is 0 Å². The van der Waals surface area contributed by atoms with Crippen LogP contribution in [0.25, 0.3) is 6.08 Å². The maximum Gasteiger partial charge on any atom is 0.243 e. The molecule has 1 aromatic carbocycles. The number of carboxylic acid groups (broad SMARTS) is 1. The summed E-state index contributed by atoms with van der Waals surface area (Å²) in [5.41, 5.74) is 0.858. The lowest BCUT2D eigenvalue weighted by Crippen LogP contribution is -2.23. The van der Waals surface area contributed by atoms with Gasteiger partial charge in [0.25, 0.3) is 0 Å². The van der Waals surface area contributed by atoms with Crippen LogP contribution in [0.2, 0.25) is 0 Å². The minimum Gasteiger partial charge on any atom is -0.545 e. The van der Waals surface area contributed by atoms with Gasteiger partial charge in [-0.05, 0) is 18.1 Å². The highest BCUT2D eigenvalue weighted by atomic mass is 16.4. The largest absolute Gasteiger partial charge is 0.545 e. The number of benzene rings is 1. The molecule has 0 fully saturated rings. The predicted molar refractivity (Wildman–Crippen MR) is 81.0 cm³/mol. The lowest BCUT2D eigenvalue weighted by Gasteiger charge is -1.91. The van der Waals surface area contributed by atoms with E-state index in [1.807, 2.05) is 37.4 Å². The molecule has 1 heterocycles. The molecular formula is C17H22N2O2. The number of carbonyl (C=O) groups is 1. The Morgan fingerprint density at radius 1 is 1.33 bits per heavy atom. The standard InChI is InChI=1S/C9H8O2.C8H15N2/c10-9(11)7-6-8-4-2-1-3-5-8;1-3-4-5-10-7-6-9(2)8-10/h1-7H,(H,10,11);6-8H,3-5H2,1-2H3/q;+1/p-1. The van der Waals surface area contributed by atoms with Crippen LogP contribution in [0.5, 0.6) is 0 Å². The maximum atomic E-state index is 9.97. The third kappa shape index (κ3) is 7.72. The molecule has 1 aromatic heterocycles. The van der Waals surface area contributed by atoms with Crippen LogP contribution in [-0.2, 0) is 18.4 Å². The van der Waals surface area contributed by atoms with Crippen molar-refractivity contribution in [2.24, 2.45) is 7.05 Å². The van der Waals surface area contributed by atoms with Gasteiger partial charge in [0, 0.05) is 0 Å². The lowest BCUT2D eigenvalue weighted by molar-refractivity contribution is -0.671. The smallest absolute Gasteiger partial charge is 0.243 e. The van der Waals surface area contributed by atoms with E-state index in [2.05, 4.69) is 34.8 Å². The summed E-state index contributed by atoms with van der Waals surface area (Å²) in [5.74, 6) is -1.17. The van der Waals surface area contributed by atoms with Crippen LogP contribution in [0, 0.1) is 0 Å². The molecule has 0 N–H and O–H groups in total. The number of hydrogen-bond donors (Lipinski definition) is 0. The fourth-order valence-electron chi connectivity index (χ4n) is 1.70. The molecule has 0 aliphatic rings. The van der Waals surface area contributed by atoms with Crippen molar-refractivity contribution >= 4 is 12.0 Å². The zero-order valence-electron chi connectivity index (χ0n) is 12.6. The van der Waals surface area contributed by atoms with Crippen LogP contribution < -0.4 is 9.67 Å². The summed E-state index contributed by atoms with van der Waals surface area (Å²) in [6.45, 7) is 3.36. The Morgan fingerprint density at radius 2 is 2.05 bits per heavy atom. The van der Waals surface area contributed by atoms with Gasteiger partial charge in [-0.2, -0.15) is 0 Å². The molecule has 4 heteroatoms. The second-order valence-electron chi connectivity index (χ2n) is 4.73. The predicted octanol–water partition coefficient (Wildman–Crippen LogP) is 1.56. The van der Waals surface area contributed by atoms with E-state index in [4.69, 9.17) is 0 Å². The zero-order valence-corrected chi connectivity index (χ0v) is 12.6. The first-order chi connectivity index (χ1) is 10.1. The highest BCUT2D eigenvalue weighted by Crippen LogP contribution is 1.99. The first-order valence-corrected chi connectivity index (χ1v) is 7.07. The van der Waals surface area contributed by atoms with Crippen LogP contribution in [0.15, 0.2) is 55.1 Å². The van der Waals surface area contributed by atoms with Gasteiger partial charge in [0.1, 0.15) is 12.4 Å². The van der Waals surface area contributed by atoms with E-state index in [1.165, 1.54) is 18.9 Å². The van der Waals surface area contributed by atoms with E-state index in [0.717, 1.165) is 18.2 Å². The molecule has 2 rings (SSSR count). The van der Waals surface area contributed by atoms with Gasteiger partial charge in [0.2, 0.25) is 6.33 Å². The first-order valence-electron chi connectivity index (χ1n) is 7.07. The third-order valence-corrected chi connectivity index (χ3v) is 2.81. The number of rotatable bonds is 5. The fraction of sp³-hybridized carbons (Fsp3) is 0.294. The zero-order chi connectivity index (χ0) is 15.5. The van der Waals surface area contributed by atoms with Crippen LogP contribution in [0.1, 0.15) is 25.3 Å². The molecule has 0 bridgehead atoms. The first kappa shape index (κ1) is 16.7. The molecule has 0 amide bonds. The van der Waals surface area contributed by atoms with E-state index < -0.39 is 5.97 Å². The van der Waals surface area contributed by atoms with E-state index in [-0.39, 0.29) is 0 Å². The van der Waals surface area contributed by atoms with Crippen molar-refractivity contribution in [2.45, 2.75) is 26.3 Å². The molecule has 0 spiro atoms. The molecule has 0 aliphatic carbocycles. The molecular weight excluding hydrogens is 264 g/mol. The number of unbranched alkanes of at least 4 members (excludes halogenated alkanes) is 1. The third-order valence-electron chi connectivity index (χ3n) is 2.81. The van der Waals surface area contributed by atoms with Crippen LogP contribution in [0.3, 0.4) is 0 Å². The highest BCUT2D eigenvalue weighted by Gasteiger charge is 1.96. The van der Waals surface area contributed by atoms with E-state index in [0.29, 0.717) is 0 Å². The van der Waals surface area contributed by atoms with E-state index in [9.17, 15) is 9.90 Å². The fourth-order valence-corrected chi connectivity index (χ4v) is 1.70. The minimum atomic E-state index is -1.17. The summed E-state index contributed by atoms with van der Waals surface area (Å²) in [7, 11) is 2.04. The van der Waals surface area contributed by atoms with Gasteiger partial charge in [-0.1, -0.05) is 49.8 Å². The topological polar surface area (TPSA) is 48.9 Å². The van der Waals surface area contributed by atoms with Crippen LogP contribution in [-0.4, -0.2) is 10.5 Å². The van der Waals surface area contributed by atoms with Gasteiger partial charge in [0.15, 0.2) is 0 Å². The van der Waals surface area contributed by atoms with Crippen molar-refractivity contribution in [1.82, 2.24) is 4.57 Å². The Kier molecular flexibility index (Phi) is 7.58. The summed E-state index contributed by atoms with van der Waals surface area (Å²) in [6.07, 6.45) is 11.3. The summed E-state index contributed by atoms with van der Waals surface area (Å²) in [6, 6.07) is 9.19. The Balaban J connectivity index is 0.000000211. The summed E-state index contributed by atoms with van der Waals surface area (Å²) >= 11 is 0. The Bertz CT molecular complexity index is 559. The number of imidazole rings is 1. The van der Waals surface area contributed by atoms with E-state index >= 15 is 0 Å². The van der Waals surface area contributed by atoms with Gasteiger partial charge in [0.05, 0.1) is 19.6 Å². The van der Waals surface area contributed by atoms with Crippen molar-refractivity contribution < 1.29 is 14.5 Å². The van der Waals surface area contributed by atoms with Gasteiger partial charge >= 0.3 is 0 Å². The number of nitrogens with zero attached hydrogens (tertiary/aromatic N) is 2. The van der Waals surface area contributed by atoms with Gasteiger partial charge < -0.3 is 9.90 Å². The number of carbonyl (C=O) groups excluding carboxylic acids is 1. The normalized spacial score (nSPS) is 10.2. The van der Waals surface area contributed by atoms with Gasteiger partial charge in [-0.15, -0.1) is 0 Å². The lowest BCUT2D eigenvalue weighted by atomic mass is 10.2. The Morgan fingerprint density at radius 3 is 2.57 bits per heavy atom. The molecule has 0 unspecified atom stereocenters. The molecule has 0 aliphatic heterocycles.